The number of nitrogens with zero attached hydrogens (tertiary/aromatic N) is 2. The summed E-state index contributed by atoms with van der Waals surface area (Å²) >= 11 is 0. The van der Waals surface area contributed by atoms with Gasteiger partial charge in [0.05, 0.1) is 18.0 Å². The number of carbonyl (C=O) groups excluding carboxylic acids is 1. The number of benzene rings is 1. The zero-order valence-electron chi connectivity index (χ0n) is 12.7. The minimum Gasteiger partial charge on any atom is -0.478 e. The van der Waals surface area contributed by atoms with Gasteiger partial charge in [-0.05, 0) is 37.6 Å². The summed E-state index contributed by atoms with van der Waals surface area (Å²) < 4.78 is 13.6. The van der Waals surface area contributed by atoms with E-state index in [0.29, 0.717) is 11.4 Å². The van der Waals surface area contributed by atoms with E-state index in [1.54, 1.807) is 19.2 Å². The molecule has 1 atom stereocenters. The molecule has 23 heavy (non-hydrogen) atoms. The second-order valence-corrected chi connectivity index (χ2v) is 5.14. The molecule has 0 aliphatic heterocycles. The number of rotatable bonds is 5. The van der Waals surface area contributed by atoms with Crippen LogP contribution in [0.3, 0.4) is 0 Å². The van der Waals surface area contributed by atoms with Gasteiger partial charge in [0.1, 0.15) is 11.6 Å². The quantitative estimate of drug-likeness (QED) is 0.880. The van der Waals surface area contributed by atoms with Crippen LogP contribution in [-0.4, -0.2) is 27.0 Å². The summed E-state index contributed by atoms with van der Waals surface area (Å²) in [6.07, 6.45) is 1.55. The van der Waals surface area contributed by atoms with Gasteiger partial charge < -0.3 is 10.4 Å². The molecular weight excluding hydrogens is 301 g/mol. The number of aromatic carboxylic acids is 1. The summed E-state index contributed by atoms with van der Waals surface area (Å²) in [7, 11) is 0. The second-order valence-electron chi connectivity index (χ2n) is 5.14. The predicted octanol–water partition coefficient (Wildman–Crippen LogP) is 2.04. The summed E-state index contributed by atoms with van der Waals surface area (Å²) in [4.78, 5) is 31.1. The van der Waals surface area contributed by atoms with E-state index >= 15 is 0 Å². The van der Waals surface area contributed by atoms with Gasteiger partial charge in [0.2, 0.25) is 5.91 Å². The fourth-order valence-corrected chi connectivity index (χ4v) is 2.06. The fraction of sp³-hybridized carbons (Fsp3) is 0.250. The van der Waals surface area contributed by atoms with Gasteiger partial charge in [0.25, 0.3) is 0 Å². The third-order valence-electron chi connectivity index (χ3n) is 3.21. The fourth-order valence-electron chi connectivity index (χ4n) is 2.06. The van der Waals surface area contributed by atoms with Crippen molar-refractivity contribution in [3.8, 4) is 0 Å². The molecule has 0 aliphatic carbocycles. The Hall–Kier alpha value is -2.83. The molecule has 1 aromatic carbocycles. The Morgan fingerprint density at radius 1 is 1.35 bits per heavy atom. The maximum atomic E-state index is 13.6. The number of carbonyl (C=O) groups is 2. The van der Waals surface area contributed by atoms with E-state index in [2.05, 4.69) is 15.3 Å². The number of carboxylic acid groups (broad SMARTS) is 1. The first-order valence-electron chi connectivity index (χ1n) is 6.97. The van der Waals surface area contributed by atoms with Crippen LogP contribution in [-0.2, 0) is 11.2 Å². The molecule has 1 amide bonds. The van der Waals surface area contributed by atoms with Crippen LogP contribution in [0.15, 0.2) is 30.5 Å². The van der Waals surface area contributed by atoms with Crippen molar-refractivity contribution >= 4 is 11.9 Å². The highest BCUT2D eigenvalue weighted by atomic mass is 19.1. The molecule has 0 radical (unpaired) electrons. The molecule has 0 saturated heterocycles. The van der Waals surface area contributed by atoms with E-state index in [4.69, 9.17) is 5.11 Å². The van der Waals surface area contributed by atoms with Crippen LogP contribution < -0.4 is 5.32 Å². The van der Waals surface area contributed by atoms with E-state index in [1.807, 2.05) is 6.92 Å². The van der Waals surface area contributed by atoms with Crippen LogP contribution in [0.5, 0.6) is 0 Å². The number of hydrogen-bond donors (Lipinski definition) is 2. The Balaban J connectivity index is 2.02. The lowest BCUT2D eigenvalue weighted by molar-refractivity contribution is -0.121. The highest BCUT2D eigenvalue weighted by molar-refractivity contribution is 5.88. The van der Waals surface area contributed by atoms with Gasteiger partial charge in [-0.15, -0.1) is 0 Å². The van der Waals surface area contributed by atoms with Crippen molar-refractivity contribution in [1.29, 1.82) is 0 Å². The zero-order valence-corrected chi connectivity index (χ0v) is 12.7. The maximum absolute atomic E-state index is 13.6. The third kappa shape index (κ3) is 4.32. The number of halogens is 1. The number of amides is 1. The molecule has 1 aromatic heterocycles. The Morgan fingerprint density at radius 2 is 2.09 bits per heavy atom. The largest absolute Gasteiger partial charge is 0.478 e. The lowest BCUT2D eigenvalue weighted by atomic mass is 10.1. The molecule has 0 spiro atoms. The Morgan fingerprint density at radius 3 is 2.70 bits per heavy atom. The van der Waals surface area contributed by atoms with Crippen LogP contribution in [0.2, 0.25) is 0 Å². The van der Waals surface area contributed by atoms with Crippen LogP contribution >= 0.6 is 0 Å². The summed E-state index contributed by atoms with van der Waals surface area (Å²) in [5.74, 6) is -2.04. The van der Waals surface area contributed by atoms with E-state index in [0.717, 1.165) is 17.8 Å². The van der Waals surface area contributed by atoms with Gasteiger partial charge in [-0.3, -0.25) is 4.79 Å². The van der Waals surface area contributed by atoms with Gasteiger partial charge in [0, 0.05) is 11.9 Å². The number of carboxylic acids is 1. The van der Waals surface area contributed by atoms with E-state index in [-0.39, 0.29) is 18.4 Å². The van der Waals surface area contributed by atoms with Crippen molar-refractivity contribution in [2.75, 3.05) is 0 Å². The smallest absolute Gasteiger partial charge is 0.338 e. The second kappa shape index (κ2) is 6.95. The summed E-state index contributed by atoms with van der Waals surface area (Å²) in [5.41, 5.74) is 0.764. The minimum absolute atomic E-state index is 0.0625. The molecule has 7 heteroatoms. The molecule has 1 unspecified atom stereocenters. The average molecular weight is 317 g/mol. The van der Waals surface area contributed by atoms with E-state index < -0.39 is 17.3 Å². The van der Waals surface area contributed by atoms with Crippen molar-refractivity contribution in [2.24, 2.45) is 0 Å². The van der Waals surface area contributed by atoms with Gasteiger partial charge in [-0.25, -0.2) is 19.2 Å². The van der Waals surface area contributed by atoms with Gasteiger partial charge in [-0.1, -0.05) is 6.07 Å². The average Bonchev–Trinajstić information content (AvgIpc) is 2.46. The molecule has 2 rings (SSSR count). The van der Waals surface area contributed by atoms with Crippen LogP contribution in [0.1, 0.15) is 40.4 Å². The molecule has 0 saturated carbocycles. The standard InChI is InChI=1S/C16H16FN3O3/c1-9-5-6-18-15(19-9)10(2)20-14(21)8-11-3-4-12(16(22)23)13(17)7-11/h3-7,10H,8H2,1-2H3,(H,20,21)(H,22,23). The summed E-state index contributed by atoms with van der Waals surface area (Å²) in [5, 5.41) is 11.5. The highest BCUT2D eigenvalue weighted by Gasteiger charge is 2.15. The first kappa shape index (κ1) is 16.5. The molecule has 2 N–H and O–H groups in total. The molecule has 1 heterocycles. The molecular formula is C16H16FN3O3. The van der Waals surface area contributed by atoms with E-state index in [9.17, 15) is 14.0 Å². The highest BCUT2D eigenvalue weighted by Crippen LogP contribution is 2.12. The van der Waals surface area contributed by atoms with E-state index in [1.165, 1.54) is 6.07 Å². The molecule has 0 bridgehead atoms. The summed E-state index contributed by atoms with van der Waals surface area (Å²) in [6, 6.07) is 4.99. The number of aromatic nitrogens is 2. The molecule has 0 aliphatic rings. The Kier molecular flexibility index (Phi) is 5.00. The van der Waals surface area contributed by atoms with Crippen molar-refractivity contribution in [2.45, 2.75) is 26.3 Å². The zero-order chi connectivity index (χ0) is 17.0. The Bertz CT molecular complexity index is 749. The SMILES string of the molecule is Cc1ccnc(C(C)NC(=O)Cc2ccc(C(=O)O)c(F)c2)n1. The minimum atomic E-state index is -1.34. The van der Waals surface area contributed by atoms with Crippen molar-refractivity contribution in [3.05, 3.63) is 58.9 Å². The van der Waals surface area contributed by atoms with Gasteiger partial charge in [-0.2, -0.15) is 0 Å². The number of nitrogens with one attached hydrogen (secondary N) is 1. The monoisotopic (exact) mass is 317 g/mol. The van der Waals surface area contributed by atoms with Gasteiger partial charge >= 0.3 is 5.97 Å². The normalized spacial score (nSPS) is 11.8. The topological polar surface area (TPSA) is 92.2 Å². The molecule has 120 valence electrons. The lowest BCUT2D eigenvalue weighted by Gasteiger charge is -2.13. The van der Waals surface area contributed by atoms with Crippen molar-refractivity contribution in [1.82, 2.24) is 15.3 Å². The van der Waals surface area contributed by atoms with Crippen molar-refractivity contribution < 1.29 is 19.1 Å². The van der Waals surface area contributed by atoms with Crippen LogP contribution in [0.4, 0.5) is 4.39 Å². The maximum Gasteiger partial charge on any atom is 0.338 e. The third-order valence-corrected chi connectivity index (χ3v) is 3.21. The number of hydrogen-bond acceptors (Lipinski definition) is 4. The predicted molar refractivity (Wildman–Crippen MR) is 80.4 cm³/mol. The van der Waals surface area contributed by atoms with Crippen molar-refractivity contribution in [3.63, 3.8) is 0 Å². The Labute approximate surface area is 132 Å². The first-order chi connectivity index (χ1) is 10.9. The molecule has 2 aromatic rings. The molecule has 0 fully saturated rings. The first-order valence-corrected chi connectivity index (χ1v) is 6.97. The molecule has 6 nitrogen and oxygen atoms in total. The van der Waals surface area contributed by atoms with Crippen LogP contribution in [0.25, 0.3) is 0 Å². The number of aryl methyl sites for hydroxylation is 1. The van der Waals surface area contributed by atoms with Gasteiger partial charge in [0.15, 0.2) is 0 Å². The summed E-state index contributed by atoms with van der Waals surface area (Å²) in [6.45, 7) is 3.58. The van der Waals surface area contributed by atoms with Crippen LogP contribution in [0, 0.1) is 12.7 Å². The lowest BCUT2D eigenvalue weighted by Crippen LogP contribution is -2.29.